The third kappa shape index (κ3) is 11.2. The smallest absolute Gasteiger partial charge is 0.343 e. The molecule has 36 heavy (non-hydrogen) atoms. The van der Waals surface area contributed by atoms with Gasteiger partial charge >= 0.3 is 6.18 Å². The zero-order chi connectivity index (χ0) is 26.2. The minimum Gasteiger partial charge on any atom is -0.343 e. The molecule has 0 spiro atoms. The van der Waals surface area contributed by atoms with Crippen molar-refractivity contribution in [3.63, 3.8) is 0 Å². The summed E-state index contributed by atoms with van der Waals surface area (Å²) in [5.41, 5.74) is -1.000. The number of carbonyl (C=O) groups is 2. The van der Waals surface area contributed by atoms with Gasteiger partial charge in [0.1, 0.15) is 0 Å². The lowest BCUT2D eigenvalue weighted by Crippen LogP contribution is -2.38. The van der Waals surface area contributed by atoms with Crippen LogP contribution in [0.2, 0.25) is 0 Å². The van der Waals surface area contributed by atoms with Crippen LogP contribution in [0, 0.1) is 0 Å². The molecule has 2 aromatic carbocycles. The first-order valence-electron chi connectivity index (χ1n) is 12.8. The summed E-state index contributed by atoms with van der Waals surface area (Å²) in [4.78, 5) is 25.2. The summed E-state index contributed by atoms with van der Waals surface area (Å²) >= 11 is 0. The highest BCUT2D eigenvalue weighted by Gasteiger charge is 2.31. The van der Waals surface area contributed by atoms with E-state index >= 15 is 0 Å². The predicted octanol–water partition coefficient (Wildman–Crippen LogP) is 5.67. The minimum absolute atomic E-state index is 0.112. The molecule has 1 saturated carbocycles. The van der Waals surface area contributed by atoms with Crippen molar-refractivity contribution >= 4 is 11.8 Å². The standard InChI is InChI=1S/C14H15F3N2O2.C8H17N.C6H6/c15-14(16,17)11-5-3-4-10(8-11)13(21)18-9-12(20)19-6-1-2-7-19;1-2-9-8-6-4-3-5-7-8;1-2-4-6-5-3-1/h3-5,8H,1-2,6-7,9H2,(H,18,21);8-9H,2-7H2,1H3;1-6H. The number of hydrogen-bond acceptors (Lipinski definition) is 3. The van der Waals surface area contributed by atoms with Crippen LogP contribution in [0.25, 0.3) is 0 Å². The molecule has 0 unspecified atom stereocenters. The Kier molecular flexibility index (Phi) is 13.0. The van der Waals surface area contributed by atoms with Crippen molar-refractivity contribution in [2.24, 2.45) is 0 Å². The molecule has 8 heteroatoms. The monoisotopic (exact) mass is 505 g/mol. The normalized spacial score (nSPS) is 15.7. The van der Waals surface area contributed by atoms with Crippen LogP contribution in [0.3, 0.4) is 0 Å². The number of rotatable bonds is 5. The molecule has 2 aliphatic rings. The van der Waals surface area contributed by atoms with E-state index in [1.807, 2.05) is 36.4 Å². The fourth-order valence-electron chi connectivity index (χ4n) is 4.15. The van der Waals surface area contributed by atoms with Crippen molar-refractivity contribution in [3.8, 4) is 0 Å². The van der Waals surface area contributed by atoms with Gasteiger partial charge in [-0.3, -0.25) is 9.59 Å². The Morgan fingerprint density at radius 1 is 0.889 bits per heavy atom. The molecule has 2 fully saturated rings. The summed E-state index contributed by atoms with van der Waals surface area (Å²) in [7, 11) is 0. The van der Waals surface area contributed by atoms with Gasteiger partial charge in [-0.2, -0.15) is 13.2 Å². The Bertz CT molecular complexity index is 865. The molecule has 1 heterocycles. The van der Waals surface area contributed by atoms with Crippen molar-refractivity contribution < 1.29 is 22.8 Å². The number of alkyl halides is 3. The van der Waals surface area contributed by atoms with Crippen molar-refractivity contribution in [1.29, 1.82) is 0 Å². The first-order valence-corrected chi connectivity index (χ1v) is 12.8. The number of halogens is 3. The predicted molar refractivity (Wildman–Crippen MR) is 137 cm³/mol. The Morgan fingerprint density at radius 3 is 2.00 bits per heavy atom. The molecule has 0 atom stereocenters. The fourth-order valence-corrected chi connectivity index (χ4v) is 4.15. The van der Waals surface area contributed by atoms with Gasteiger partial charge in [-0.25, -0.2) is 0 Å². The largest absolute Gasteiger partial charge is 0.416 e. The SMILES string of the molecule is CCNC1CCCCC1.O=C(NCC(=O)N1CCCC1)c1cccc(C(F)(F)F)c1.c1ccccc1. The lowest BCUT2D eigenvalue weighted by Gasteiger charge is -2.21. The van der Waals surface area contributed by atoms with Gasteiger partial charge in [0.05, 0.1) is 12.1 Å². The lowest BCUT2D eigenvalue weighted by molar-refractivity contribution is -0.137. The van der Waals surface area contributed by atoms with Crippen molar-refractivity contribution in [2.45, 2.75) is 64.1 Å². The number of carbonyl (C=O) groups excluding carboxylic acids is 2. The maximum absolute atomic E-state index is 12.6. The van der Waals surface area contributed by atoms with Crippen LogP contribution in [0.4, 0.5) is 13.2 Å². The first-order chi connectivity index (χ1) is 17.3. The molecule has 0 bridgehead atoms. The number of benzene rings is 2. The molecule has 2 N–H and O–H groups in total. The van der Waals surface area contributed by atoms with Gasteiger partial charge in [0.2, 0.25) is 5.91 Å². The van der Waals surface area contributed by atoms with E-state index in [1.165, 1.54) is 44.2 Å². The number of nitrogens with zero attached hydrogens (tertiary/aromatic N) is 1. The van der Waals surface area contributed by atoms with Crippen molar-refractivity contribution in [1.82, 2.24) is 15.5 Å². The van der Waals surface area contributed by atoms with Gasteiger partial charge in [-0.15, -0.1) is 0 Å². The summed E-state index contributed by atoms with van der Waals surface area (Å²) in [6, 6.07) is 17.0. The van der Waals surface area contributed by atoms with Crippen LogP contribution in [0.5, 0.6) is 0 Å². The van der Waals surface area contributed by atoms with Gasteiger partial charge in [0.15, 0.2) is 0 Å². The van der Waals surface area contributed by atoms with Crippen LogP contribution >= 0.6 is 0 Å². The van der Waals surface area contributed by atoms with E-state index < -0.39 is 17.6 Å². The second kappa shape index (κ2) is 16.0. The molecule has 5 nitrogen and oxygen atoms in total. The molecule has 2 amide bonds. The van der Waals surface area contributed by atoms with Crippen molar-refractivity contribution in [2.75, 3.05) is 26.2 Å². The van der Waals surface area contributed by atoms with E-state index in [2.05, 4.69) is 17.6 Å². The maximum Gasteiger partial charge on any atom is 0.416 e. The Balaban J connectivity index is 0.000000247. The maximum atomic E-state index is 12.6. The zero-order valence-electron chi connectivity index (χ0n) is 21.0. The topological polar surface area (TPSA) is 61.4 Å². The van der Waals surface area contributed by atoms with E-state index in [0.717, 1.165) is 37.6 Å². The number of likely N-dealkylation sites (tertiary alicyclic amines) is 1. The van der Waals surface area contributed by atoms with Gasteiger partial charge in [-0.1, -0.05) is 68.7 Å². The molecular formula is C28H38F3N3O2. The quantitative estimate of drug-likeness (QED) is 0.550. The van der Waals surface area contributed by atoms with Crippen LogP contribution in [0.15, 0.2) is 60.7 Å². The summed E-state index contributed by atoms with van der Waals surface area (Å²) < 4.78 is 37.7. The van der Waals surface area contributed by atoms with Crippen LogP contribution in [-0.4, -0.2) is 48.9 Å². The molecule has 4 rings (SSSR count). The third-order valence-corrected chi connectivity index (χ3v) is 6.08. The molecule has 1 saturated heterocycles. The third-order valence-electron chi connectivity index (χ3n) is 6.08. The van der Waals surface area contributed by atoms with Crippen LogP contribution in [0.1, 0.15) is 67.8 Å². The molecular weight excluding hydrogens is 467 g/mol. The first kappa shape index (κ1) is 29.4. The number of hydrogen-bond donors (Lipinski definition) is 2. The zero-order valence-corrected chi connectivity index (χ0v) is 21.0. The van der Waals surface area contributed by atoms with E-state index in [4.69, 9.17) is 0 Å². The van der Waals surface area contributed by atoms with E-state index in [1.54, 1.807) is 4.90 Å². The van der Waals surface area contributed by atoms with E-state index in [-0.39, 0.29) is 18.0 Å². The summed E-state index contributed by atoms with van der Waals surface area (Å²) in [5, 5.41) is 5.84. The second-order valence-electron chi connectivity index (χ2n) is 8.90. The van der Waals surface area contributed by atoms with E-state index in [9.17, 15) is 22.8 Å². The van der Waals surface area contributed by atoms with Gasteiger partial charge < -0.3 is 15.5 Å². The summed E-state index contributed by atoms with van der Waals surface area (Å²) in [6.07, 6.45) is 4.54. The molecule has 2 aromatic rings. The average Bonchev–Trinajstić information content (AvgIpc) is 3.45. The Hall–Kier alpha value is -2.87. The highest BCUT2D eigenvalue weighted by molar-refractivity contribution is 5.96. The summed E-state index contributed by atoms with van der Waals surface area (Å²) in [6.45, 7) is 4.46. The average molecular weight is 506 g/mol. The van der Waals surface area contributed by atoms with E-state index in [0.29, 0.717) is 13.1 Å². The minimum atomic E-state index is -4.50. The Labute approximate surface area is 212 Å². The highest BCUT2D eigenvalue weighted by Crippen LogP contribution is 2.29. The molecule has 0 radical (unpaired) electrons. The number of amides is 2. The molecule has 198 valence electrons. The van der Waals surface area contributed by atoms with Gasteiger partial charge in [0.25, 0.3) is 5.91 Å². The highest BCUT2D eigenvalue weighted by atomic mass is 19.4. The fraction of sp³-hybridized carbons (Fsp3) is 0.500. The molecule has 1 aliphatic carbocycles. The molecule has 0 aromatic heterocycles. The van der Waals surface area contributed by atoms with Gasteiger partial charge in [0, 0.05) is 24.7 Å². The second-order valence-corrected chi connectivity index (χ2v) is 8.90. The van der Waals surface area contributed by atoms with Crippen LogP contribution in [-0.2, 0) is 11.0 Å². The molecule has 1 aliphatic heterocycles. The van der Waals surface area contributed by atoms with Gasteiger partial charge in [-0.05, 0) is 50.4 Å². The van der Waals surface area contributed by atoms with Crippen molar-refractivity contribution in [3.05, 3.63) is 71.8 Å². The Morgan fingerprint density at radius 2 is 1.47 bits per heavy atom. The summed E-state index contributed by atoms with van der Waals surface area (Å²) in [5.74, 6) is -0.901. The lowest BCUT2D eigenvalue weighted by atomic mass is 9.96. The number of nitrogens with one attached hydrogen (secondary N) is 2. The van der Waals surface area contributed by atoms with Crippen LogP contribution < -0.4 is 10.6 Å².